The van der Waals surface area contributed by atoms with E-state index in [2.05, 4.69) is 0 Å². The maximum absolute atomic E-state index is 11.0. The average molecular weight is 164 g/mol. The molecule has 0 radical (unpaired) electrons. The molecule has 4 heteroatoms. The van der Waals surface area contributed by atoms with Gasteiger partial charge in [-0.05, 0) is 19.3 Å². The Labute approximate surface area is 61.0 Å². The number of hydrogen-bond acceptors (Lipinski definition) is 3. The molecule has 10 heavy (non-hydrogen) atoms. The Morgan fingerprint density at radius 3 is 2.40 bits per heavy atom. The van der Waals surface area contributed by atoms with Crippen LogP contribution in [0.1, 0.15) is 13.3 Å². The molecular formula is C6H12O3S. The van der Waals surface area contributed by atoms with E-state index in [0.717, 1.165) is 0 Å². The third kappa shape index (κ3) is 1.18. The largest absolute Gasteiger partial charge is 0.396 e. The molecule has 0 aromatic rings. The van der Waals surface area contributed by atoms with Gasteiger partial charge in [0.05, 0.1) is 11.0 Å². The first kappa shape index (κ1) is 8.01. The summed E-state index contributed by atoms with van der Waals surface area (Å²) >= 11 is 0. The summed E-state index contributed by atoms with van der Waals surface area (Å²) in [6.07, 6.45) is 0.625. The lowest BCUT2D eigenvalue weighted by molar-refractivity contribution is 0.227. The zero-order valence-electron chi connectivity index (χ0n) is 5.95. The summed E-state index contributed by atoms with van der Waals surface area (Å²) in [6, 6.07) is 0. The highest BCUT2D eigenvalue weighted by Crippen LogP contribution is 2.25. The second-order valence-electron chi connectivity index (χ2n) is 2.80. The summed E-state index contributed by atoms with van der Waals surface area (Å²) in [7, 11) is -2.85. The fraction of sp³-hybridized carbons (Fsp3) is 1.00. The van der Waals surface area contributed by atoms with Gasteiger partial charge in [0.15, 0.2) is 9.84 Å². The van der Waals surface area contributed by atoms with Crippen LogP contribution in [0, 0.1) is 5.92 Å². The lowest BCUT2D eigenvalue weighted by Gasteiger charge is -2.08. The molecule has 2 atom stereocenters. The van der Waals surface area contributed by atoms with E-state index < -0.39 is 9.84 Å². The van der Waals surface area contributed by atoms with Gasteiger partial charge < -0.3 is 5.11 Å². The minimum atomic E-state index is -2.85. The van der Waals surface area contributed by atoms with Gasteiger partial charge in [-0.15, -0.1) is 0 Å². The number of aliphatic hydroxyl groups excluding tert-OH is 1. The Morgan fingerprint density at radius 2 is 2.20 bits per heavy atom. The van der Waals surface area contributed by atoms with Crippen LogP contribution >= 0.6 is 0 Å². The molecule has 1 heterocycles. The summed E-state index contributed by atoms with van der Waals surface area (Å²) in [5.74, 6) is 0.226. The first-order chi connectivity index (χ1) is 4.58. The molecule has 1 aliphatic heterocycles. The van der Waals surface area contributed by atoms with Crippen molar-refractivity contribution < 1.29 is 13.5 Å². The molecule has 0 aromatic heterocycles. The zero-order valence-corrected chi connectivity index (χ0v) is 6.76. The van der Waals surface area contributed by atoms with Crippen LogP contribution in [0.3, 0.4) is 0 Å². The minimum absolute atomic E-state index is 0.000394. The van der Waals surface area contributed by atoms with E-state index in [1.165, 1.54) is 0 Å². The molecule has 2 unspecified atom stereocenters. The van der Waals surface area contributed by atoms with Crippen molar-refractivity contribution in [2.45, 2.75) is 18.6 Å². The molecule has 60 valence electrons. The SMILES string of the molecule is CC1C(CO)CCS1(=O)=O. The topological polar surface area (TPSA) is 54.4 Å². The van der Waals surface area contributed by atoms with Crippen LogP contribution in [-0.4, -0.2) is 31.1 Å². The van der Waals surface area contributed by atoms with Crippen LogP contribution in [-0.2, 0) is 9.84 Å². The van der Waals surface area contributed by atoms with Gasteiger partial charge in [0, 0.05) is 6.61 Å². The first-order valence-electron chi connectivity index (χ1n) is 3.40. The van der Waals surface area contributed by atoms with E-state index in [9.17, 15) is 8.42 Å². The fourth-order valence-electron chi connectivity index (χ4n) is 1.27. The summed E-state index contributed by atoms with van der Waals surface area (Å²) in [4.78, 5) is 0. The summed E-state index contributed by atoms with van der Waals surface area (Å²) < 4.78 is 22.0. The highest BCUT2D eigenvalue weighted by atomic mass is 32.2. The van der Waals surface area contributed by atoms with Gasteiger partial charge in [-0.2, -0.15) is 0 Å². The molecule has 0 aromatic carbocycles. The van der Waals surface area contributed by atoms with E-state index >= 15 is 0 Å². The van der Waals surface area contributed by atoms with Crippen molar-refractivity contribution in [2.24, 2.45) is 5.92 Å². The number of hydrogen-bond donors (Lipinski definition) is 1. The quantitative estimate of drug-likeness (QED) is 0.584. The van der Waals surface area contributed by atoms with E-state index in [4.69, 9.17) is 5.11 Å². The van der Waals surface area contributed by atoms with Gasteiger partial charge >= 0.3 is 0 Å². The molecule has 1 N–H and O–H groups in total. The van der Waals surface area contributed by atoms with Crippen molar-refractivity contribution in [3.63, 3.8) is 0 Å². The predicted molar refractivity (Wildman–Crippen MR) is 38.4 cm³/mol. The Morgan fingerprint density at radius 1 is 1.60 bits per heavy atom. The van der Waals surface area contributed by atoms with Gasteiger partial charge in [0.2, 0.25) is 0 Å². The average Bonchev–Trinajstić information content (AvgIpc) is 2.10. The maximum atomic E-state index is 11.0. The van der Waals surface area contributed by atoms with E-state index in [0.29, 0.717) is 6.42 Å². The Bertz CT molecular complexity index is 207. The van der Waals surface area contributed by atoms with Crippen LogP contribution in [0.25, 0.3) is 0 Å². The van der Waals surface area contributed by atoms with Gasteiger partial charge in [-0.3, -0.25) is 0 Å². The molecule has 1 aliphatic rings. The second-order valence-corrected chi connectivity index (χ2v) is 5.28. The molecular weight excluding hydrogens is 152 g/mol. The van der Waals surface area contributed by atoms with E-state index in [1.54, 1.807) is 6.92 Å². The lowest BCUT2D eigenvalue weighted by Crippen LogP contribution is -2.20. The van der Waals surface area contributed by atoms with Crippen LogP contribution in [0.4, 0.5) is 0 Å². The van der Waals surface area contributed by atoms with E-state index in [1.807, 2.05) is 0 Å². The summed E-state index contributed by atoms with van der Waals surface area (Å²) in [5, 5.41) is 8.37. The fourth-order valence-corrected chi connectivity index (χ4v) is 3.08. The number of sulfone groups is 1. The standard InChI is InChI=1S/C6H12O3S/c1-5-6(4-7)2-3-10(5,8)9/h5-7H,2-4H2,1H3. The van der Waals surface area contributed by atoms with Gasteiger partial charge in [0.1, 0.15) is 0 Å². The van der Waals surface area contributed by atoms with Crippen LogP contribution in [0.5, 0.6) is 0 Å². The minimum Gasteiger partial charge on any atom is -0.396 e. The van der Waals surface area contributed by atoms with Crippen LogP contribution < -0.4 is 0 Å². The Kier molecular flexibility index (Phi) is 2.01. The molecule has 1 rings (SSSR count). The van der Waals surface area contributed by atoms with Crippen molar-refractivity contribution in [1.29, 1.82) is 0 Å². The monoisotopic (exact) mass is 164 g/mol. The molecule has 1 saturated heterocycles. The lowest BCUT2D eigenvalue weighted by atomic mass is 10.1. The molecule has 0 aliphatic carbocycles. The molecule has 0 amide bonds. The first-order valence-corrected chi connectivity index (χ1v) is 5.12. The van der Waals surface area contributed by atoms with Crippen molar-refractivity contribution in [1.82, 2.24) is 0 Å². The summed E-state index contributed by atoms with van der Waals surface area (Å²) in [5.41, 5.74) is 0. The zero-order chi connectivity index (χ0) is 7.78. The molecule has 0 spiro atoms. The highest BCUT2D eigenvalue weighted by molar-refractivity contribution is 7.92. The third-order valence-electron chi connectivity index (χ3n) is 2.24. The third-order valence-corrected chi connectivity index (χ3v) is 4.56. The normalized spacial score (nSPS) is 38.2. The molecule has 0 saturated carbocycles. The van der Waals surface area contributed by atoms with Crippen molar-refractivity contribution in [2.75, 3.05) is 12.4 Å². The van der Waals surface area contributed by atoms with Crippen LogP contribution in [0.15, 0.2) is 0 Å². The second kappa shape index (κ2) is 2.51. The van der Waals surface area contributed by atoms with Crippen molar-refractivity contribution in [3.8, 4) is 0 Å². The highest BCUT2D eigenvalue weighted by Gasteiger charge is 2.35. The Hall–Kier alpha value is -0.0900. The number of rotatable bonds is 1. The van der Waals surface area contributed by atoms with Gasteiger partial charge in [-0.1, -0.05) is 0 Å². The molecule has 0 bridgehead atoms. The molecule has 1 fully saturated rings. The Balaban J connectivity index is 2.77. The number of aliphatic hydroxyl groups is 1. The summed E-state index contributed by atoms with van der Waals surface area (Å²) in [6.45, 7) is 1.67. The molecule has 3 nitrogen and oxygen atoms in total. The van der Waals surface area contributed by atoms with Gasteiger partial charge in [-0.25, -0.2) is 8.42 Å². The predicted octanol–water partition coefficient (Wildman–Crippen LogP) is -0.198. The van der Waals surface area contributed by atoms with Gasteiger partial charge in [0.25, 0.3) is 0 Å². The smallest absolute Gasteiger partial charge is 0.153 e. The van der Waals surface area contributed by atoms with E-state index in [-0.39, 0.29) is 23.5 Å². The van der Waals surface area contributed by atoms with Crippen molar-refractivity contribution in [3.05, 3.63) is 0 Å². The van der Waals surface area contributed by atoms with Crippen LogP contribution in [0.2, 0.25) is 0 Å². The van der Waals surface area contributed by atoms with Crippen molar-refractivity contribution >= 4 is 9.84 Å². The maximum Gasteiger partial charge on any atom is 0.153 e.